The highest BCUT2D eigenvalue weighted by Crippen LogP contribution is 2.32. The van der Waals surface area contributed by atoms with Crippen LogP contribution < -0.4 is 16.0 Å². The van der Waals surface area contributed by atoms with Gasteiger partial charge in [-0.1, -0.05) is 12.1 Å². The zero-order valence-corrected chi connectivity index (χ0v) is 15.4. The Morgan fingerprint density at radius 1 is 0.929 bits per heavy atom. The van der Waals surface area contributed by atoms with Crippen LogP contribution in [0.4, 0.5) is 11.5 Å². The highest BCUT2D eigenvalue weighted by Gasteiger charge is 2.13. The summed E-state index contributed by atoms with van der Waals surface area (Å²) >= 11 is 0. The highest BCUT2D eigenvalue weighted by molar-refractivity contribution is 5.92. The SMILES string of the molecule is Nc1cc(-c2coc3cc(-c4ccc(N5CCNCC5)cc4)cnc23)ccn1. The van der Waals surface area contributed by atoms with E-state index in [1.165, 1.54) is 5.69 Å². The van der Waals surface area contributed by atoms with Crippen LogP contribution in [-0.2, 0) is 0 Å². The van der Waals surface area contributed by atoms with Gasteiger partial charge in [0.2, 0.25) is 0 Å². The largest absolute Gasteiger partial charge is 0.462 e. The van der Waals surface area contributed by atoms with Gasteiger partial charge in [-0.25, -0.2) is 4.98 Å². The Labute approximate surface area is 163 Å². The summed E-state index contributed by atoms with van der Waals surface area (Å²) in [6.45, 7) is 4.15. The van der Waals surface area contributed by atoms with E-state index >= 15 is 0 Å². The van der Waals surface area contributed by atoms with E-state index in [0.29, 0.717) is 5.82 Å². The molecule has 0 aliphatic carbocycles. The lowest BCUT2D eigenvalue weighted by Gasteiger charge is -2.29. The highest BCUT2D eigenvalue weighted by atomic mass is 16.3. The molecule has 140 valence electrons. The fraction of sp³-hybridized carbons (Fsp3) is 0.182. The summed E-state index contributed by atoms with van der Waals surface area (Å²) in [6, 6.07) is 14.4. The lowest BCUT2D eigenvalue weighted by atomic mass is 10.1. The quantitative estimate of drug-likeness (QED) is 0.573. The first-order chi connectivity index (χ1) is 13.8. The molecule has 1 aliphatic heterocycles. The fourth-order valence-electron chi connectivity index (χ4n) is 3.68. The Bertz CT molecular complexity index is 1110. The number of aromatic nitrogens is 2. The second-order valence-electron chi connectivity index (χ2n) is 6.97. The molecule has 1 fully saturated rings. The Hall–Kier alpha value is -3.38. The Morgan fingerprint density at radius 2 is 1.75 bits per heavy atom. The van der Waals surface area contributed by atoms with Crippen LogP contribution in [0.5, 0.6) is 0 Å². The average Bonchev–Trinajstić information content (AvgIpc) is 3.18. The summed E-state index contributed by atoms with van der Waals surface area (Å²) in [4.78, 5) is 11.1. The van der Waals surface area contributed by atoms with Gasteiger partial charge in [0.1, 0.15) is 17.6 Å². The van der Waals surface area contributed by atoms with Crippen LogP contribution in [0, 0.1) is 0 Å². The fourth-order valence-corrected chi connectivity index (χ4v) is 3.68. The van der Waals surface area contributed by atoms with Crippen LogP contribution in [0.25, 0.3) is 33.4 Å². The normalized spacial score (nSPS) is 14.5. The molecule has 0 unspecified atom stereocenters. The van der Waals surface area contributed by atoms with E-state index in [4.69, 9.17) is 10.2 Å². The second-order valence-corrected chi connectivity index (χ2v) is 6.97. The van der Waals surface area contributed by atoms with Crippen LogP contribution in [-0.4, -0.2) is 36.1 Å². The first kappa shape index (κ1) is 16.8. The van der Waals surface area contributed by atoms with Crippen LogP contribution in [0.1, 0.15) is 0 Å². The van der Waals surface area contributed by atoms with E-state index in [1.807, 2.05) is 24.4 Å². The first-order valence-corrected chi connectivity index (χ1v) is 9.43. The summed E-state index contributed by atoms with van der Waals surface area (Å²) in [5.41, 5.74) is 12.7. The van der Waals surface area contributed by atoms with Gasteiger partial charge in [0.25, 0.3) is 0 Å². The molecular weight excluding hydrogens is 350 g/mol. The standard InChI is InChI=1S/C22H21N5O/c23-21-12-16(5-6-25-21)19-14-28-20-11-17(13-26-22(19)20)15-1-3-18(4-2-15)27-9-7-24-8-10-27/h1-6,11-14,24H,7-10H2,(H2,23,25). The van der Waals surface area contributed by atoms with Gasteiger partial charge < -0.3 is 20.4 Å². The Balaban J connectivity index is 1.45. The van der Waals surface area contributed by atoms with Crippen molar-refractivity contribution in [3.8, 4) is 22.3 Å². The minimum atomic E-state index is 0.480. The number of piperazine rings is 1. The Morgan fingerprint density at radius 3 is 2.54 bits per heavy atom. The molecule has 1 aliphatic rings. The predicted molar refractivity (Wildman–Crippen MR) is 112 cm³/mol. The smallest absolute Gasteiger partial charge is 0.153 e. The van der Waals surface area contributed by atoms with E-state index in [1.54, 1.807) is 12.5 Å². The summed E-state index contributed by atoms with van der Waals surface area (Å²) < 4.78 is 5.79. The number of hydrogen-bond acceptors (Lipinski definition) is 6. The third kappa shape index (κ3) is 3.08. The molecule has 0 atom stereocenters. The molecule has 0 bridgehead atoms. The maximum Gasteiger partial charge on any atom is 0.153 e. The molecule has 0 saturated carbocycles. The number of nitrogens with one attached hydrogen (secondary N) is 1. The van der Waals surface area contributed by atoms with E-state index in [9.17, 15) is 0 Å². The summed E-state index contributed by atoms with van der Waals surface area (Å²) in [5, 5.41) is 3.38. The van der Waals surface area contributed by atoms with Crippen molar-refractivity contribution in [2.75, 3.05) is 36.8 Å². The topological polar surface area (TPSA) is 80.2 Å². The average molecular weight is 371 g/mol. The van der Waals surface area contributed by atoms with Crippen LogP contribution in [0.2, 0.25) is 0 Å². The number of nitrogen functional groups attached to an aromatic ring is 1. The molecular formula is C22H21N5O. The lowest BCUT2D eigenvalue weighted by molar-refractivity contribution is 0.589. The van der Waals surface area contributed by atoms with Crippen molar-refractivity contribution < 1.29 is 4.42 Å². The number of nitrogens with two attached hydrogens (primary N) is 1. The van der Waals surface area contributed by atoms with Crippen molar-refractivity contribution in [3.05, 3.63) is 61.1 Å². The number of anilines is 2. The maximum absolute atomic E-state index is 5.81. The molecule has 6 nitrogen and oxygen atoms in total. The number of nitrogens with zero attached hydrogens (tertiary/aromatic N) is 3. The molecule has 1 aromatic carbocycles. The Kier molecular flexibility index (Phi) is 4.18. The van der Waals surface area contributed by atoms with Crippen LogP contribution in [0.15, 0.2) is 65.5 Å². The number of benzene rings is 1. The molecule has 4 heterocycles. The van der Waals surface area contributed by atoms with Crippen molar-refractivity contribution in [1.29, 1.82) is 0 Å². The number of pyridine rings is 2. The summed E-state index contributed by atoms with van der Waals surface area (Å²) in [7, 11) is 0. The molecule has 0 amide bonds. The van der Waals surface area contributed by atoms with Gasteiger partial charge in [-0.15, -0.1) is 0 Å². The zero-order valence-electron chi connectivity index (χ0n) is 15.4. The molecule has 1 saturated heterocycles. The van der Waals surface area contributed by atoms with E-state index in [2.05, 4.69) is 44.5 Å². The van der Waals surface area contributed by atoms with Crippen molar-refractivity contribution in [2.24, 2.45) is 0 Å². The van der Waals surface area contributed by atoms with Crippen LogP contribution >= 0.6 is 0 Å². The molecule has 6 heteroatoms. The van der Waals surface area contributed by atoms with Gasteiger partial charge in [0.05, 0.1) is 0 Å². The first-order valence-electron chi connectivity index (χ1n) is 9.43. The van der Waals surface area contributed by atoms with Crippen molar-refractivity contribution in [2.45, 2.75) is 0 Å². The summed E-state index contributed by atoms with van der Waals surface area (Å²) in [5.74, 6) is 0.480. The molecule has 4 aromatic rings. The van der Waals surface area contributed by atoms with Crippen LogP contribution in [0.3, 0.4) is 0 Å². The van der Waals surface area contributed by atoms with Gasteiger partial charge in [-0.3, -0.25) is 4.98 Å². The molecule has 3 aromatic heterocycles. The van der Waals surface area contributed by atoms with Gasteiger partial charge >= 0.3 is 0 Å². The van der Waals surface area contributed by atoms with Crippen molar-refractivity contribution in [3.63, 3.8) is 0 Å². The van der Waals surface area contributed by atoms with Gasteiger partial charge in [-0.2, -0.15) is 0 Å². The molecule has 0 radical (unpaired) electrons. The van der Waals surface area contributed by atoms with E-state index in [-0.39, 0.29) is 0 Å². The number of fused-ring (bicyclic) bond motifs is 1. The molecule has 28 heavy (non-hydrogen) atoms. The molecule has 3 N–H and O–H groups in total. The third-order valence-electron chi connectivity index (χ3n) is 5.19. The number of furan rings is 1. The summed E-state index contributed by atoms with van der Waals surface area (Å²) in [6.07, 6.45) is 5.31. The van der Waals surface area contributed by atoms with Crippen molar-refractivity contribution >= 4 is 22.6 Å². The second kappa shape index (κ2) is 6.98. The van der Waals surface area contributed by atoms with Gasteiger partial charge in [0.15, 0.2) is 5.58 Å². The van der Waals surface area contributed by atoms with Crippen molar-refractivity contribution in [1.82, 2.24) is 15.3 Å². The lowest BCUT2D eigenvalue weighted by Crippen LogP contribution is -2.43. The molecule has 5 rings (SSSR count). The number of hydrogen-bond donors (Lipinski definition) is 2. The van der Waals surface area contributed by atoms with Gasteiger partial charge in [0, 0.05) is 55.4 Å². The number of rotatable bonds is 3. The van der Waals surface area contributed by atoms with E-state index in [0.717, 1.165) is 59.5 Å². The monoisotopic (exact) mass is 371 g/mol. The molecule has 0 spiro atoms. The predicted octanol–water partition coefficient (Wildman–Crippen LogP) is 3.55. The maximum atomic E-state index is 5.81. The van der Waals surface area contributed by atoms with Gasteiger partial charge in [-0.05, 0) is 41.5 Å². The zero-order chi connectivity index (χ0) is 18.9. The minimum Gasteiger partial charge on any atom is -0.462 e. The third-order valence-corrected chi connectivity index (χ3v) is 5.19. The van der Waals surface area contributed by atoms with E-state index < -0.39 is 0 Å². The minimum absolute atomic E-state index is 0.480.